The molecule has 0 N–H and O–H groups in total. The fraction of sp³-hybridized carbons (Fsp3) is 0.273. The van der Waals surface area contributed by atoms with Crippen LogP contribution in [0.2, 0.25) is 0 Å². The number of hydrogen-bond acceptors (Lipinski definition) is 4. The number of hydrogen-bond donors (Lipinski definition) is 0. The Morgan fingerprint density at radius 1 is 0.714 bits per heavy atom. The molecule has 0 bridgehead atoms. The van der Waals surface area contributed by atoms with E-state index in [9.17, 15) is 9.59 Å². The Bertz CT molecular complexity index is 977. The molecule has 2 heterocycles. The van der Waals surface area contributed by atoms with Crippen molar-refractivity contribution in [2.75, 3.05) is 10.0 Å². The summed E-state index contributed by atoms with van der Waals surface area (Å²) in [5.74, 6) is -0.502. The van der Waals surface area contributed by atoms with Crippen LogP contribution in [0.1, 0.15) is 20.8 Å². The Hall–Kier alpha value is -3.28. The topological polar surface area (TPSA) is 65.3 Å². The van der Waals surface area contributed by atoms with Crippen LogP contribution in [0.5, 0.6) is 0 Å². The van der Waals surface area contributed by atoms with E-state index in [0.717, 1.165) is 0 Å². The van der Waals surface area contributed by atoms with Crippen molar-refractivity contribution in [2.45, 2.75) is 20.8 Å². The second-order valence-corrected chi connectivity index (χ2v) is 7.61. The largest absolute Gasteiger partial charge is 0.271 e. The van der Waals surface area contributed by atoms with Crippen LogP contribution in [-0.4, -0.2) is 23.2 Å². The highest BCUT2D eigenvalue weighted by atomic mass is 16.2. The maximum absolute atomic E-state index is 13.6. The first-order valence-corrected chi connectivity index (χ1v) is 9.38. The van der Waals surface area contributed by atoms with Gasteiger partial charge in [0.1, 0.15) is 10.8 Å². The van der Waals surface area contributed by atoms with Crippen molar-refractivity contribution in [3.63, 3.8) is 0 Å². The maximum Gasteiger partial charge on any atom is 0.261 e. The van der Waals surface area contributed by atoms with E-state index in [1.165, 1.54) is 10.0 Å². The number of para-hydroxylation sites is 2. The Balaban J connectivity index is 1.59. The lowest BCUT2D eigenvalue weighted by Gasteiger charge is -2.19. The Morgan fingerprint density at radius 2 is 1.07 bits per heavy atom. The SMILES string of the molecule is CC1=NN(c2ccccc2)C(=O)C12C(C)C21C(=O)N(c2ccccc2)N=C1C. The number of nitrogens with zero attached hydrogens (tertiary/aromatic N) is 4. The number of benzene rings is 2. The van der Waals surface area contributed by atoms with E-state index in [2.05, 4.69) is 10.2 Å². The summed E-state index contributed by atoms with van der Waals surface area (Å²) in [4.78, 5) is 27.2. The number of carbonyl (C=O) groups is 2. The van der Waals surface area contributed by atoms with E-state index in [4.69, 9.17) is 0 Å². The molecule has 2 aromatic carbocycles. The van der Waals surface area contributed by atoms with E-state index in [1.54, 1.807) is 0 Å². The standard InChI is InChI=1S/C22H20N4O2/c1-14-21(15(2)23-25(19(21)27)17-10-6-4-7-11-17)22(14)16(3)24-26(20(22)28)18-12-8-5-9-13-18/h4-14H,1-3H3. The maximum atomic E-state index is 13.6. The molecular weight excluding hydrogens is 352 g/mol. The molecule has 140 valence electrons. The highest BCUT2D eigenvalue weighted by Gasteiger charge is 2.89. The first-order valence-electron chi connectivity index (χ1n) is 9.38. The lowest BCUT2D eigenvalue weighted by Crippen LogP contribution is -2.40. The third kappa shape index (κ3) is 1.69. The monoisotopic (exact) mass is 372 g/mol. The Morgan fingerprint density at radius 3 is 1.43 bits per heavy atom. The van der Waals surface area contributed by atoms with Gasteiger partial charge in [0.05, 0.1) is 22.8 Å². The zero-order valence-electron chi connectivity index (χ0n) is 16.0. The van der Waals surface area contributed by atoms with Crippen LogP contribution < -0.4 is 10.0 Å². The number of fused-ring (bicyclic) bond motifs is 1. The fourth-order valence-corrected chi connectivity index (χ4v) is 5.25. The quantitative estimate of drug-likeness (QED) is 0.810. The molecule has 2 aliphatic heterocycles. The molecule has 28 heavy (non-hydrogen) atoms. The molecule has 5 rings (SSSR count). The summed E-state index contributed by atoms with van der Waals surface area (Å²) in [6, 6.07) is 18.7. The van der Waals surface area contributed by atoms with Gasteiger partial charge < -0.3 is 0 Å². The third-order valence-electron chi connectivity index (χ3n) is 6.54. The molecule has 0 saturated heterocycles. The molecule has 2 spiro atoms. The second-order valence-electron chi connectivity index (χ2n) is 7.61. The number of amides is 2. The van der Waals surface area contributed by atoms with Gasteiger partial charge in [-0.25, -0.2) is 0 Å². The Kier molecular flexibility index (Phi) is 3.24. The van der Waals surface area contributed by atoms with E-state index >= 15 is 0 Å². The summed E-state index contributed by atoms with van der Waals surface area (Å²) in [6.07, 6.45) is 0. The Labute approximate surface area is 163 Å². The molecule has 2 unspecified atom stereocenters. The van der Waals surface area contributed by atoms with Crippen molar-refractivity contribution in [3.05, 3.63) is 60.7 Å². The lowest BCUT2D eigenvalue weighted by atomic mass is 9.85. The first kappa shape index (κ1) is 16.9. The van der Waals surface area contributed by atoms with Crippen molar-refractivity contribution < 1.29 is 9.59 Å². The van der Waals surface area contributed by atoms with Crippen molar-refractivity contribution in [3.8, 4) is 0 Å². The second kappa shape index (κ2) is 5.38. The predicted octanol–water partition coefficient (Wildman–Crippen LogP) is 3.45. The summed E-state index contributed by atoms with van der Waals surface area (Å²) >= 11 is 0. The molecule has 1 fully saturated rings. The molecule has 3 aliphatic rings. The minimum absolute atomic E-state index is 0.151. The average molecular weight is 372 g/mol. The minimum Gasteiger partial charge on any atom is -0.271 e. The van der Waals surface area contributed by atoms with Crippen LogP contribution in [-0.2, 0) is 9.59 Å². The molecule has 6 nitrogen and oxygen atoms in total. The van der Waals surface area contributed by atoms with Gasteiger partial charge in [-0.1, -0.05) is 43.3 Å². The van der Waals surface area contributed by atoms with Crippen LogP contribution in [0.15, 0.2) is 70.9 Å². The van der Waals surface area contributed by atoms with Gasteiger partial charge in [0.2, 0.25) is 0 Å². The molecule has 0 aromatic heterocycles. The van der Waals surface area contributed by atoms with Gasteiger partial charge in [-0.2, -0.15) is 20.2 Å². The number of carbonyl (C=O) groups excluding carboxylic acids is 2. The first-order chi connectivity index (χ1) is 13.5. The molecule has 6 heteroatoms. The van der Waals surface area contributed by atoms with Crippen LogP contribution in [0.4, 0.5) is 11.4 Å². The van der Waals surface area contributed by atoms with Gasteiger partial charge in [-0.05, 0) is 44.0 Å². The molecule has 0 radical (unpaired) electrons. The van der Waals surface area contributed by atoms with Crippen LogP contribution >= 0.6 is 0 Å². The fourth-order valence-electron chi connectivity index (χ4n) is 5.25. The smallest absolute Gasteiger partial charge is 0.261 e. The average Bonchev–Trinajstić information content (AvgIpc) is 3.06. The van der Waals surface area contributed by atoms with Crippen molar-refractivity contribution in [1.82, 2.24) is 0 Å². The lowest BCUT2D eigenvalue weighted by molar-refractivity contribution is -0.126. The zero-order chi connectivity index (χ0) is 19.7. The molecule has 2 aromatic rings. The molecular formula is C22H20N4O2. The summed E-state index contributed by atoms with van der Waals surface area (Å²) in [5.41, 5.74) is 0.836. The normalized spacial score (nSPS) is 31.0. The van der Waals surface area contributed by atoms with Crippen molar-refractivity contribution in [1.29, 1.82) is 0 Å². The van der Waals surface area contributed by atoms with Gasteiger partial charge in [-0.3, -0.25) is 9.59 Å². The van der Waals surface area contributed by atoms with E-state index in [1.807, 2.05) is 81.4 Å². The highest BCUT2D eigenvalue weighted by molar-refractivity contribution is 6.35. The van der Waals surface area contributed by atoms with E-state index in [-0.39, 0.29) is 17.7 Å². The van der Waals surface area contributed by atoms with Crippen molar-refractivity contribution >= 4 is 34.6 Å². The molecule has 1 saturated carbocycles. The summed E-state index contributed by atoms with van der Waals surface area (Å²) in [5, 5.41) is 12.0. The van der Waals surface area contributed by atoms with Gasteiger partial charge in [-0.15, -0.1) is 0 Å². The predicted molar refractivity (Wildman–Crippen MR) is 108 cm³/mol. The number of rotatable bonds is 2. The van der Waals surface area contributed by atoms with Crippen LogP contribution in [0, 0.1) is 16.7 Å². The number of anilines is 2. The van der Waals surface area contributed by atoms with Gasteiger partial charge >= 0.3 is 0 Å². The minimum atomic E-state index is -0.961. The van der Waals surface area contributed by atoms with Gasteiger partial charge in [0, 0.05) is 0 Å². The van der Waals surface area contributed by atoms with Gasteiger partial charge in [0.25, 0.3) is 11.8 Å². The third-order valence-corrected chi connectivity index (χ3v) is 6.54. The highest BCUT2D eigenvalue weighted by Crippen LogP contribution is 2.74. The van der Waals surface area contributed by atoms with Crippen LogP contribution in [0.25, 0.3) is 0 Å². The zero-order valence-corrected chi connectivity index (χ0v) is 16.0. The summed E-state index contributed by atoms with van der Waals surface area (Å²) in [7, 11) is 0. The van der Waals surface area contributed by atoms with Gasteiger partial charge in [0.15, 0.2) is 0 Å². The van der Waals surface area contributed by atoms with Crippen molar-refractivity contribution in [2.24, 2.45) is 27.0 Å². The summed E-state index contributed by atoms with van der Waals surface area (Å²) < 4.78 is 0. The molecule has 2 atom stereocenters. The van der Waals surface area contributed by atoms with Crippen LogP contribution in [0.3, 0.4) is 0 Å². The molecule has 1 aliphatic carbocycles. The van der Waals surface area contributed by atoms with E-state index < -0.39 is 10.8 Å². The van der Waals surface area contributed by atoms with E-state index in [0.29, 0.717) is 22.8 Å². The molecule has 2 amide bonds. The summed E-state index contributed by atoms with van der Waals surface area (Å²) in [6.45, 7) is 5.65. The number of hydrazone groups is 2.